The summed E-state index contributed by atoms with van der Waals surface area (Å²) in [4.78, 5) is 0. The van der Waals surface area contributed by atoms with E-state index in [1.165, 1.54) is 25.3 Å². The molecule has 0 aliphatic carbocycles. The second-order valence-electron chi connectivity index (χ2n) is 8.37. The Bertz CT molecular complexity index is 1300. The van der Waals surface area contributed by atoms with Gasteiger partial charge in [-0.15, -0.1) is 0 Å². The van der Waals surface area contributed by atoms with E-state index in [0.29, 0.717) is 0 Å². The number of benzene rings is 4. The van der Waals surface area contributed by atoms with Crippen molar-refractivity contribution in [3.8, 4) is 16.9 Å². The van der Waals surface area contributed by atoms with Gasteiger partial charge in [0.05, 0.1) is 12.7 Å². The van der Waals surface area contributed by atoms with Crippen LogP contribution in [0.25, 0.3) is 21.9 Å². The van der Waals surface area contributed by atoms with E-state index in [0.717, 1.165) is 45.2 Å². The number of rotatable bonds is 6. The monoisotopic (exact) mass is 467 g/mol. The molecule has 4 rings (SSSR count). The average molecular weight is 468 g/mol. The lowest BCUT2D eigenvalue weighted by molar-refractivity contribution is -0.137. The maximum atomic E-state index is 13.8. The molecule has 4 aromatic rings. The number of alkyl halides is 3. The number of hydrogen-bond acceptors (Lipinski definition) is 2. The Morgan fingerprint density at radius 2 is 1.47 bits per heavy atom. The van der Waals surface area contributed by atoms with Crippen molar-refractivity contribution in [2.24, 2.45) is 0 Å². The molecule has 2 nitrogen and oxygen atoms in total. The highest BCUT2D eigenvalue weighted by atomic mass is 19.4. The number of hydrogen-bond donors (Lipinski definition) is 1. The fourth-order valence-corrected chi connectivity index (χ4v) is 4.17. The van der Waals surface area contributed by atoms with Crippen molar-refractivity contribution in [2.75, 3.05) is 7.11 Å². The highest BCUT2D eigenvalue weighted by Crippen LogP contribution is 2.35. The van der Waals surface area contributed by atoms with Crippen LogP contribution in [0.15, 0.2) is 78.9 Å². The normalized spacial score (nSPS) is 13.6. The fraction of sp³-hybridized carbons (Fsp3) is 0.214. The molecule has 0 spiro atoms. The minimum Gasteiger partial charge on any atom is -0.494 e. The first-order valence-corrected chi connectivity index (χ1v) is 11.0. The lowest BCUT2D eigenvalue weighted by Gasteiger charge is -2.23. The van der Waals surface area contributed by atoms with Crippen molar-refractivity contribution in [2.45, 2.75) is 32.1 Å². The summed E-state index contributed by atoms with van der Waals surface area (Å²) in [7, 11) is 1.43. The van der Waals surface area contributed by atoms with Crippen molar-refractivity contribution < 1.29 is 22.3 Å². The van der Waals surface area contributed by atoms with E-state index in [2.05, 4.69) is 11.4 Å². The highest BCUT2D eigenvalue weighted by molar-refractivity contribution is 5.97. The highest BCUT2D eigenvalue weighted by Gasteiger charge is 2.30. The first kappa shape index (κ1) is 23.8. The standard InChI is InChI=1S/C28H25F4NO/c1-17(20-10-13-26(29)27(16-20)34-3)33-18(2)22-14-21-6-4-5-7-24(21)25(15-22)19-8-11-23(12-9-19)28(30,31)32/h4-18,33H,1-3H3/t17-,18?/m1/s1. The molecule has 4 aromatic carbocycles. The van der Waals surface area contributed by atoms with Crippen LogP contribution in [-0.4, -0.2) is 7.11 Å². The summed E-state index contributed by atoms with van der Waals surface area (Å²) in [6, 6.07) is 21.8. The number of methoxy groups -OCH3 is 1. The Balaban J connectivity index is 1.68. The van der Waals surface area contributed by atoms with Gasteiger partial charge in [-0.1, -0.05) is 42.5 Å². The Hall–Kier alpha value is -3.38. The zero-order valence-electron chi connectivity index (χ0n) is 19.1. The Morgan fingerprint density at radius 3 is 2.15 bits per heavy atom. The van der Waals surface area contributed by atoms with E-state index in [1.807, 2.05) is 44.2 Å². The van der Waals surface area contributed by atoms with E-state index in [9.17, 15) is 17.6 Å². The van der Waals surface area contributed by atoms with Crippen LogP contribution < -0.4 is 10.1 Å². The first-order valence-electron chi connectivity index (χ1n) is 11.0. The predicted octanol–water partition coefficient (Wildman–Crippen LogP) is 8.09. The number of fused-ring (bicyclic) bond motifs is 1. The van der Waals surface area contributed by atoms with Gasteiger partial charge in [-0.2, -0.15) is 13.2 Å². The van der Waals surface area contributed by atoms with Gasteiger partial charge < -0.3 is 10.1 Å². The van der Waals surface area contributed by atoms with Crippen molar-refractivity contribution in [3.05, 3.63) is 101 Å². The molecule has 0 fully saturated rings. The molecule has 0 aliphatic heterocycles. The summed E-state index contributed by atoms with van der Waals surface area (Å²) in [5.41, 5.74) is 2.79. The van der Waals surface area contributed by atoms with E-state index in [1.54, 1.807) is 12.1 Å². The largest absolute Gasteiger partial charge is 0.494 e. The van der Waals surface area contributed by atoms with Gasteiger partial charge in [0, 0.05) is 12.1 Å². The SMILES string of the molecule is COc1cc([C@@H](C)NC(C)c2cc(-c3ccc(C(F)(F)F)cc3)c3ccccc3c2)ccc1F. The average Bonchev–Trinajstić information content (AvgIpc) is 2.83. The minimum atomic E-state index is -4.37. The van der Waals surface area contributed by atoms with Crippen LogP contribution in [0.3, 0.4) is 0 Å². The van der Waals surface area contributed by atoms with Gasteiger partial charge in [0.2, 0.25) is 0 Å². The van der Waals surface area contributed by atoms with Gasteiger partial charge in [0.1, 0.15) is 0 Å². The second kappa shape index (κ2) is 9.47. The first-order chi connectivity index (χ1) is 16.2. The molecule has 1 unspecified atom stereocenters. The van der Waals surface area contributed by atoms with Crippen LogP contribution in [0.1, 0.15) is 42.6 Å². The van der Waals surface area contributed by atoms with Crippen molar-refractivity contribution in [1.82, 2.24) is 5.32 Å². The molecule has 176 valence electrons. The van der Waals surface area contributed by atoms with E-state index >= 15 is 0 Å². The van der Waals surface area contributed by atoms with Crippen LogP contribution in [0, 0.1) is 5.82 Å². The minimum absolute atomic E-state index is 0.0798. The molecule has 0 aromatic heterocycles. The summed E-state index contributed by atoms with van der Waals surface area (Å²) in [6.07, 6.45) is -4.37. The van der Waals surface area contributed by atoms with E-state index < -0.39 is 17.6 Å². The van der Waals surface area contributed by atoms with Gasteiger partial charge >= 0.3 is 6.18 Å². The van der Waals surface area contributed by atoms with Crippen LogP contribution >= 0.6 is 0 Å². The molecule has 0 saturated heterocycles. The fourth-order valence-electron chi connectivity index (χ4n) is 4.17. The Kier molecular flexibility index (Phi) is 6.62. The molecule has 0 saturated carbocycles. The van der Waals surface area contributed by atoms with Crippen LogP contribution in [0.4, 0.5) is 17.6 Å². The molecule has 1 N–H and O–H groups in total. The van der Waals surface area contributed by atoms with Gasteiger partial charge in [0.25, 0.3) is 0 Å². The number of nitrogens with one attached hydrogen (secondary N) is 1. The molecule has 0 radical (unpaired) electrons. The molecular formula is C28H25F4NO. The van der Waals surface area contributed by atoms with Gasteiger partial charge in [0.15, 0.2) is 11.6 Å². The number of ether oxygens (including phenoxy) is 1. The molecule has 0 amide bonds. The topological polar surface area (TPSA) is 21.3 Å². The lowest BCUT2D eigenvalue weighted by atomic mass is 9.92. The summed E-state index contributed by atoms with van der Waals surface area (Å²) < 4.78 is 58.0. The van der Waals surface area contributed by atoms with Gasteiger partial charge in [-0.05, 0) is 83.3 Å². The zero-order valence-corrected chi connectivity index (χ0v) is 19.1. The second-order valence-corrected chi connectivity index (χ2v) is 8.37. The van der Waals surface area contributed by atoms with E-state index in [-0.39, 0.29) is 17.8 Å². The molecule has 34 heavy (non-hydrogen) atoms. The Morgan fingerprint density at radius 1 is 0.794 bits per heavy atom. The van der Waals surface area contributed by atoms with Gasteiger partial charge in [-0.3, -0.25) is 0 Å². The molecule has 0 bridgehead atoms. The van der Waals surface area contributed by atoms with Crippen LogP contribution in [0.2, 0.25) is 0 Å². The maximum Gasteiger partial charge on any atom is 0.416 e. The van der Waals surface area contributed by atoms with Crippen molar-refractivity contribution >= 4 is 10.8 Å². The molecule has 2 atom stereocenters. The zero-order chi connectivity index (χ0) is 24.5. The molecule has 6 heteroatoms. The predicted molar refractivity (Wildman–Crippen MR) is 127 cm³/mol. The van der Waals surface area contributed by atoms with Crippen LogP contribution in [0.5, 0.6) is 5.75 Å². The quantitative estimate of drug-likeness (QED) is 0.289. The number of halogens is 4. The lowest BCUT2D eigenvalue weighted by Crippen LogP contribution is -2.22. The summed E-state index contributed by atoms with van der Waals surface area (Å²) in [5, 5.41) is 5.50. The molecule has 0 aliphatic rings. The third-order valence-electron chi connectivity index (χ3n) is 6.08. The summed E-state index contributed by atoms with van der Waals surface area (Å²) in [6.45, 7) is 4.01. The van der Waals surface area contributed by atoms with Gasteiger partial charge in [-0.25, -0.2) is 4.39 Å². The third kappa shape index (κ3) is 4.92. The third-order valence-corrected chi connectivity index (χ3v) is 6.08. The van der Waals surface area contributed by atoms with E-state index in [4.69, 9.17) is 4.74 Å². The molecular weight excluding hydrogens is 442 g/mol. The molecule has 0 heterocycles. The summed E-state index contributed by atoms with van der Waals surface area (Å²) in [5.74, 6) is -0.226. The van der Waals surface area contributed by atoms with Crippen molar-refractivity contribution in [1.29, 1.82) is 0 Å². The maximum absolute atomic E-state index is 13.8. The Labute approximate surface area is 196 Å². The van der Waals surface area contributed by atoms with Crippen molar-refractivity contribution in [3.63, 3.8) is 0 Å². The van der Waals surface area contributed by atoms with Crippen LogP contribution in [-0.2, 0) is 6.18 Å². The summed E-state index contributed by atoms with van der Waals surface area (Å²) >= 11 is 0. The smallest absolute Gasteiger partial charge is 0.416 e.